The molecule has 1 unspecified atom stereocenters. The number of aromatic nitrogens is 4. The molecule has 16 heteroatoms. The van der Waals surface area contributed by atoms with E-state index in [1.807, 2.05) is 6.92 Å². The van der Waals surface area contributed by atoms with E-state index < -0.39 is 17.9 Å². The first-order chi connectivity index (χ1) is 19.0. The van der Waals surface area contributed by atoms with Crippen LogP contribution in [-0.4, -0.2) is 122 Å². The molecule has 7 atom stereocenters. The second-order valence-electron chi connectivity index (χ2n) is 11.2. The lowest BCUT2D eigenvalue weighted by Gasteiger charge is -2.47. The van der Waals surface area contributed by atoms with Crippen LogP contribution in [0.3, 0.4) is 0 Å². The third-order valence-electron chi connectivity index (χ3n) is 8.14. The van der Waals surface area contributed by atoms with Crippen LogP contribution in [0.1, 0.15) is 26.7 Å². The highest BCUT2D eigenvalue weighted by atomic mass is 32.2. The molecule has 4 aliphatic heterocycles. The van der Waals surface area contributed by atoms with Gasteiger partial charge in [-0.1, -0.05) is 12.0 Å². The number of hydrogen-bond donors (Lipinski definition) is 4. The van der Waals surface area contributed by atoms with Crippen LogP contribution < -0.4 is 21.3 Å². The largest absolute Gasteiger partial charge is 0.477 e. The number of likely N-dealkylation sites (tertiary alicyclic amines) is 1. The number of carbonyl (C=O) groups excluding carboxylic acids is 3. The molecule has 3 saturated heterocycles. The molecule has 5 heterocycles. The van der Waals surface area contributed by atoms with Crippen molar-refractivity contribution in [3.8, 4) is 0 Å². The van der Waals surface area contributed by atoms with Crippen molar-refractivity contribution in [3.05, 3.63) is 10.6 Å². The average Bonchev–Trinajstić information content (AvgIpc) is 3.67. The summed E-state index contributed by atoms with van der Waals surface area (Å²) in [5.41, 5.74) is 5.97. The summed E-state index contributed by atoms with van der Waals surface area (Å²) in [6, 6.07) is -1.22. The van der Waals surface area contributed by atoms with Crippen molar-refractivity contribution in [1.29, 1.82) is 0 Å². The van der Waals surface area contributed by atoms with Crippen LogP contribution in [0, 0.1) is 11.8 Å². The van der Waals surface area contributed by atoms with Gasteiger partial charge in [0.15, 0.2) is 0 Å². The van der Waals surface area contributed by atoms with E-state index in [-0.39, 0.29) is 59.3 Å². The van der Waals surface area contributed by atoms with E-state index in [9.17, 15) is 24.3 Å². The minimum atomic E-state index is -1.15. The van der Waals surface area contributed by atoms with E-state index in [0.717, 1.165) is 6.42 Å². The molecule has 0 aromatic carbocycles. The Morgan fingerprint density at radius 1 is 1.32 bits per heavy atom. The van der Waals surface area contributed by atoms with Crippen LogP contribution in [-0.2, 0) is 25.7 Å². The van der Waals surface area contributed by atoms with E-state index in [1.165, 1.54) is 21.3 Å². The van der Waals surface area contributed by atoms with Crippen LogP contribution in [0.25, 0.3) is 0 Å². The Labute approximate surface area is 235 Å². The summed E-state index contributed by atoms with van der Waals surface area (Å²) in [6.07, 6.45) is 1.36. The van der Waals surface area contributed by atoms with Gasteiger partial charge in [-0.15, -0.1) is 11.8 Å². The van der Waals surface area contributed by atoms with Crippen LogP contribution in [0.2, 0.25) is 0 Å². The van der Waals surface area contributed by atoms with Gasteiger partial charge in [0.05, 0.1) is 18.0 Å². The second kappa shape index (κ2) is 11.0. The molecule has 5 rings (SSSR count). The van der Waals surface area contributed by atoms with Gasteiger partial charge in [-0.05, 0) is 30.2 Å². The van der Waals surface area contributed by atoms with Gasteiger partial charge in [0.25, 0.3) is 0 Å². The number of nitrogens with one attached hydrogen (secondary N) is 2. The molecule has 0 aliphatic carbocycles. The minimum Gasteiger partial charge on any atom is -0.477 e. The third-order valence-corrected chi connectivity index (χ3v) is 9.66. The summed E-state index contributed by atoms with van der Waals surface area (Å²) in [7, 11) is 3.52. The Balaban J connectivity index is 1.23. The number of thioether (sulfide) groups is 1. The maximum absolute atomic E-state index is 13.2. The first-order valence-corrected chi connectivity index (χ1v) is 14.3. The number of carboxylic acids is 1. The fraction of sp³-hybridized carbons (Fsp3) is 0.708. The highest BCUT2D eigenvalue weighted by Crippen LogP contribution is 2.51. The molecule has 40 heavy (non-hydrogen) atoms. The number of carbonyl (C=O) groups is 4. The number of fused-ring (bicyclic) bond motifs is 1. The Morgan fingerprint density at radius 2 is 2.08 bits per heavy atom. The SMILES string of the molecule is C[C@@H](NC(=O)Cn1nnnc1N(C)C)[C@H]1C(=O)N2C(C(=O)O)=C(S[C@@H]3CNC(C(=O)N4CC[C@@H](N)C4)C3)[C@H](C)[C@@H]12. The average molecular weight is 577 g/mol. The lowest BCUT2D eigenvalue weighted by molar-refractivity contribution is -0.158. The number of rotatable bonds is 9. The normalized spacial score (nSPS) is 30.4. The van der Waals surface area contributed by atoms with Crippen LogP contribution in [0.4, 0.5) is 5.95 Å². The molecule has 0 bridgehead atoms. The van der Waals surface area contributed by atoms with Gasteiger partial charge >= 0.3 is 5.97 Å². The number of β-lactam (4-membered cyclic amide) rings is 1. The van der Waals surface area contributed by atoms with Crippen molar-refractivity contribution in [3.63, 3.8) is 0 Å². The van der Waals surface area contributed by atoms with Crippen molar-refractivity contribution in [2.24, 2.45) is 17.6 Å². The number of anilines is 1. The Kier molecular flexibility index (Phi) is 7.76. The van der Waals surface area contributed by atoms with Gasteiger partial charge in [-0.25, -0.2) is 9.48 Å². The highest BCUT2D eigenvalue weighted by Gasteiger charge is 2.60. The molecule has 218 valence electrons. The van der Waals surface area contributed by atoms with Gasteiger partial charge in [-0.3, -0.25) is 14.4 Å². The molecule has 0 radical (unpaired) electrons. The number of tetrazole rings is 1. The molecule has 1 aromatic rings. The quantitative estimate of drug-likeness (QED) is 0.238. The van der Waals surface area contributed by atoms with Crippen molar-refractivity contribution in [2.45, 2.75) is 62.7 Å². The number of nitrogens with two attached hydrogens (primary N) is 1. The molecule has 5 N–H and O–H groups in total. The molecule has 0 saturated carbocycles. The van der Waals surface area contributed by atoms with Crippen molar-refractivity contribution < 1.29 is 24.3 Å². The summed E-state index contributed by atoms with van der Waals surface area (Å²) in [4.78, 5) is 56.7. The van der Waals surface area contributed by atoms with Gasteiger partial charge < -0.3 is 36.2 Å². The minimum absolute atomic E-state index is 0.00637. The van der Waals surface area contributed by atoms with E-state index in [1.54, 1.807) is 30.8 Å². The summed E-state index contributed by atoms with van der Waals surface area (Å²) >= 11 is 1.44. The highest BCUT2D eigenvalue weighted by molar-refractivity contribution is 8.03. The maximum atomic E-state index is 13.2. The van der Waals surface area contributed by atoms with Gasteiger partial charge in [-0.2, -0.15) is 0 Å². The first-order valence-electron chi connectivity index (χ1n) is 13.5. The predicted molar refractivity (Wildman–Crippen MR) is 145 cm³/mol. The number of hydrogen-bond acceptors (Lipinski definition) is 11. The lowest BCUT2D eigenvalue weighted by atomic mass is 9.78. The number of amides is 3. The summed E-state index contributed by atoms with van der Waals surface area (Å²) in [5.74, 6) is -2.17. The summed E-state index contributed by atoms with van der Waals surface area (Å²) in [6.45, 7) is 5.33. The molecular weight excluding hydrogens is 540 g/mol. The zero-order chi connectivity index (χ0) is 28.9. The molecular formula is C24H36N10O5S. The lowest BCUT2D eigenvalue weighted by Crippen LogP contribution is -2.66. The summed E-state index contributed by atoms with van der Waals surface area (Å²) < 4.78 is 1.36. The monoisotopic (exact) mass is 576 g/mol. The fourth-order valence-corrected chi connectivity index (χ4v) is 7.69. The summed E-state index contributed by atoms with van der Waals surface area (Å²) in [5, 5.41) is 27.5. The molecule has 4 aliphatic rings. The maximum Gasteiger partial charge on any atom is 0.353 e. The van der Waals surface area contributed by atoms with Crippen molar-refractivity contribution in [1.82, 2.24) is 40.6 Å². The standard InChI is InChI=1S/C24H36N10O5S/c1-11-18-17(12(2)27-16(35)10-33-24(31(3)4)28-29-30-33)22(37)34(18)19(23(38)39)20(11)40-14-7-15(26-8-14)21(36)32-6-5-13(25)9-32/h11-15,17-18,26H,5-10,25H2,1-4H3,(H,27,35)(H,38,39)/t11-,12-,13-,14+,15?,17-,18+/m1/s1. The number of nitrogens with zero attached hydrogens (tertiary/aromatic N) is 7. The van der Waals surface area contributed by atoms with Crippen molar-refractivity contribution in [2.75, 3.05) is 38.6 Å². The van der Waals surface area contributed by atoms with Gasteiger partial charge in [0.2, 0.25) is 23.7 Å². The van der Waals surface area contributed by atoms with Gasteiger partial charge in [0, 0.05) is 61.9 Å². The predicted octanol–water partition coefficient (Wildman–Crippen LogP) is -1.96. The first kappa shape index (κ1) is 28.3. The Morgan fingerprint density at radius 3 is 2.73 bits per heavy atom. The Hall–Kier alpha value is -3.24. The zero-order valence-corrected chi connectivity index (χ0v) is 23.8. The van der Waals surface area contributed by atoms with Gasteiger partial charge in [0.1, 0.15) is 12.2 Å². The van der Waals surface area contributed by atoms with Crippen LogP contribution in [0.15, 0.2) is 10.6 Å². The third kappa shape index (κ3) is 5.03. The Bertz CT molecular complexity index is 1240. The smallest absolute Gasteiger partial charge is 0.353 e. The number of carboxylic acid groups (broad SMARTS) is 1. The topological polar surface area (TPSA) is 192 Å². The molecule has 15 nitrogen and oxygen atoms in total. The molecule has 0 spiro atoms. The van der Waals surface area contributed by atoms with Crippen molar-refractivity contribution >= 4 is 41.4 Å². The number of aliphatic carboxylic acids is 1. The van der Waals surface area contributed by atoms with E-state index in [2.05, 4.69) is 26.2 Å². The molecule has 3 fully saturated rings. The molecule has 1 aromatic heterocycles. The van der Waals surface area contributed by atoms with E-state index in [4.69, 9.17) is 5.73 Å². The zero-order valence-electron chi connectivity index (χ0n) is 23.0. The van der Waals surface area contributed by atoms with Crippen LogP contribution >= 0.6 is 11.8 Å². The second-order valence-corrected chi connectivity index (χ2v) is 12.5. The fourth-order valence-electron chi connectivity index (χ4n) is 6.21. The van der Waals surface area contributed by atoms with E-state index in [0.29, 0.717) is 36.9 Å². The molecule has 3 amide bonds. The van der Waals surface area contributed by atoms with Crippen LogP contribution in [0.5, 0.6) is 0 Å². The van der Waals surface area contributed by atoms with E-state index >= 15 is 0 Å².